The predicted octanol–water partition coefficient (Wildman–Crippen LogP) is 1.96. The number of ether oxygens (including phenoxy) is 1. The molecule has 1 N–H and O–H groups in total. The van der Waals surface area contributed by atoms with E-state index >= 15 is 0 Å². The van der Waals surface area contributed by atoms with Crippen molar-refractivity contribution in [3.8, 4) is 11.3 Å². The van der Waals surface area contributed by atoms with Gasteiger partial charge in [0.25, 0.3) is 0 Å². The van der Waals surface area contributed by atoms with E-state index in [1.807, 2.05) is 0 Å². The topological polar surface area (TPSA) is 81.4 Å². The number of oxazole rings is 1. The Kier molecular flexibility index (Phi) is 5.11. The molecule has 21 heavy (non-hydrogen) atoms. The Morgan fingerprint density at radius 3 is 2.57 bits per heavy atom. The van der Waals surface area contributed by atoms with Crippen LogP contribution in [0.5, 0.6) is 0 Å². The van der Waals surface area contributed by atoms with E-state index in [0.717, 1.165) is 5.56 Å². The molecule has 7 heteroatoms. The molecule has 1 heterocycles. The van der Waals surface area contributed by atoms with E-state index in [-0.39, 0.29) is 4.90 Å². The first kappa shape index (κ1) is 15.7. The minimum absolute atomic E-state index is 0.222. The van der Waals surface area contributed by atoms with Crippen molar-refractivity contribution in [3.05, 3.63) is 36.4 Å². The quantitative estimate of drug-likeness (QED) is 0.791. The average molecular weight is 310 g/mol. The molecule has 114 valence electrons. The number of hydrogen-bond acceptors (Lipinski definition) is 5. The Labute approximate surface area is 124 Å². The van der Waals surface area contributed by atoms with Gasteiger partial charge in [0, 0.05) is 32.7 Å². The van der Waals surface area contributed by atoms with Gasteiger partial charge in [-0.1, -0.05) is 0 Å². The van der Waals surface area contributed by atoms with E-state index in [4.69, 9.17) is 9.15 Å². The molecule has 0 fully saturated rings. The molecule has 0 aliphatic carbocycles. The van der Waals surface area contributed by atoms with Crippen LogP contribution in [0.1, 0.15) is 12.3 Å². The van der Waals surface area contributed by atoms with Crippen LogP contribution in [-0.4, -0.2) is 33.7 Å². The minimum Gasteiger partial charge on any atom is -0.441 e. The van der Waals surface area contributed by atoms with Gasteiger partial charge < -0.3 is 9.15 Å². The molecule has 0 unspecified atom stereocenters. The standard InChI is InChI=1S/C14H18N2O4S/c1-11-15-10-14(20-11)12-4-6-13(7-5-12)21(17,18)16-8-3-9-19-2/h4-7,10,16H,3,8-9H2,1-2H3. The van der Waals surface area contributed by atoms with Crippen LogP contribution in [0.4, 0.5) is 0 Å². The number of methoxy groups -OCH3 is 1. The summed E-state index contributed by atoms with van der Waals surface area (Å²) < 4.78 is 36.9. The Bertz CT molecular complexity index is 677. The highest BCUT2D eigenvalue weighted by molar-refractivity contribution is 7.89. The molecule has 0 aliphatic heterocycles. The third kappa shape index (κ3) is 4.13. The fourth-order valence-electron chi connectivity index (χ4n) is 1.80. The number of nitrogens with one attached hydrogen (secondary N) is 1. The van der Waals surface area contributed by atoms with Crippen molar-refractivity contribution in [3.63, 3.8) is 0 Å². The highest BCUT2D eigenvalue weighted by atomic mass is 32.2. The highest BCUT2D eigenvalue weighted by Crippen LogP contribution is 2.21. The second-order valence-corrected chi connectivity index (χ2v) is 6.28. The van der Waals surface area contributed by atoms with Gasteiger partial charge in [-0.25, -0.2) is 18.1 Å². The van der Waals surface area contributed by atoms with Crippen molar-refractivity contribution in [1.29, 1.82) is 0 Å². The molecule has 0 amide bonds. The summed E-state index contributed by atoms with van der Waals surface area (Å²) in [4.78, 5) is 4.24. The summed E-state index contributed by atoms with van der Waals surface area (Å²) >= 11 is 0. The number of aryl methyl sites for hydroxylation is 1. The molecule has 2 aromatic rings. The zero-order valence-electron chi connectivity index (χ0n) is 12.0. The zero-order valence-corrected chi connectivity index (χ0v) is 12.8. The highest BCUT2D eigenvalue weighted by Gasteiger charge is 2.13. The lowest BCUT2D eigenvalue weighted by atomic mass is 10.2. The summed E-state index contributed by atoms with van der Waals surface area (Å²) in [7, 11) is -1.90. The van der Waals surface area contributed by atoms with E-state index in [0.29, 0.717) is 31.2 Å². The number of benzene rings is 1. The fourth-order valence-corrected chi connectivity index (χ4v) is 2.87. The van der Waals surface area contributed by atoms with Crippen LogP contribution in [0, 0.1) is 6.92 Å². The normalized spacial score (nSPS) is 11.7. The SMILES string of the molecule is COCCCNS(=O)(=O)c1ccc(-c2cnc(C)o2)cc1. The van der Waals surface area contributed by atoms with E-state index < -0.39 is 10.0 Å². The second kappa shape index (κ2) is 6.84. The van der Waals surface area contributed by atoms with Gasteiger partial charge >= 0.3 is 0 Å². The van der Waals surface area contributed by atoms with Crippen LogP contribution in [0.3, 0.4) is 0 Å². The maximum Gasteiger partial charge on any atom is 0.240 e. The molecule has 0 atom stereocenters. The van der Waals surface area contributed by atoms with Crippen LogP contribution in [-0.2, 0) is 14.8 Å². The van der Waals surface area contributed by atoms with E-state index in [1.165, 1.54) is 0 Å². The summed E-state index contributed by atoms with van der Waals surface area (Å²) in [6, 6.07) is 6.49. The fraction of sp³-hybridized carbons (Fsp3) is 0.357. The van der Waals surface area contributed by atoms with Gasteiger partial charge in [-0.15, -0.1) is 0 Å². The number of aromatic nitrogens is 1. The average Bonchev–Trinajstić information content (AvgIpc) is 2.90. The number of sulfonamides is 1. The molecule has 1 aromatic carbocycles. The first-order chi connectivity index (χ1) is 10.0. The number of nitrogens with zero attached hydrogens (tertiary/aromatic N) is 1. The molecule has 0 saturated carbocycles. The van der Waals surface area contributed by atoms with Crippen LogP contribution >= 0.6 is 0 Å². The third-order valence-electron chi connectivity index (χ3n) is 2.89. The van der Waals surface area contributed by atoms with Crippen LogP contribution in [0.15, 0.2) is 39.8 Å². The summed E-state index contributed by atoms with van der Waals surface area (Å²) in [5.74, 6) is 1.19. The second-order valence-electron chi connectivity index (χ2n) is 4.51. The van der Waals surface area contributed by atoms with Crippen LogP contribution in [0.2, 0.25) is 0 Å². The number of hydrogen-bond donors (Lipinski definition) is 1. The van der Waals surface area contributed by atoms with E-state index in [9.17, 15) is 8.42 Å². The van der Waals surface area contributed by atoms with Crippen molar-refractivity contribution in [2.75, 3.05) is 20.3 Å². The van der Waals surface area contributed by atoms with Gasteiger partial charge in [0.2, 0.25) is 10.0 Å². The Balaban J connectivity index is 2.07. The lowest BCUT2D eigenvalue weighted by Gasteiger charge is -2.07. The van der Waals surface area contributed by atoms with Gasteiger partial charge in [-0.05, 0) is 30.7 Å². The summed E-state index contributed by atoms with van der Waals surface area (Å²) in [6.45, 7) is 2.62. The lowest BCUT2D eigenvalue weighted by molar-refractivity contribution is 0.196. The Morgan fingerprint density at radius 1 is 1.29 bits per heavy atom. The molecular formula is C14H18N2O4S. The van der Waals surface area contributed by atoms with Gasteiger partial charge in [0.1, 0.15) is 0 Å². The van der Waals surface area contributed by atoms with Gasteiger partial charge in [0.05, 0.1) is 11.1 Å². The maximum absolute atomic E-state index is 12.1. The molecular weight excluding hydrogens is 292 g/mol. The van der Waals surface area contributed by atoms with Crippen molar-refractivity contribution in [2.24, 2.45) is 0 Å². The molecule has 6 nitrogen and oxygen atoms in total. The van der Waals surface area contributed by atoms with E-state index in [1.54, 1.807) is 44.5 Å². The number of rotatable bonds is 7. The molecule has 0 bridgehead atoms. The Morgan fingerprint density at radius 2 is 2.00 bits per heavy atom. The molecule has 2 rings (SSSR count). The van der Waals surface area contributed by atoms with Gasteiger partial charge in [-0.3, -0.25) is 0 Å². The van der Waals surface area contributed by atoms with Crippen LogP contribution < -0.4 is 4.72 Å². The summed E-state index contributed by atoms with van der Waals surface area (Å²) in [5, 5.41) is 0. The molecule has 0 radical (unpaired) electrons. The summed E-state index contributed by atoms with van der Waals surface area (Å²) in [5.41, 5.74) is 0.786. The zero-order chi connectivity index (χ0) is 15.3. The Hall–Kier alpha value is -1.70. The lowest BCUT2D eigenvalue weighted by Crippen LogP contribution is -2.25. The molecule has 0 spiro atoms. The first-order valence-corrected chi connectivity index (χ1v) is 8.03. The largest absolute Gasteiger partial charge is 0.441 e. The first-order valence-electron chi connectivity index (χ1n) is 6.54. The van der Waals surface area contributed by atoms with Crippen molar-refractivity contribution >= 4 is 10.0 Å². The monoisotopic (exact) mass is 310 g/mol. The molecule has 0 saturated heterocycles. The van der Waals surface area contributed by atoms with E-state index in [2.05, 4.69) is 9.71 Å². The molecule has 1 aromatic heterocycles. The van der Waals surface area contributed by atoms with Gasteiger partial charge in [0.15, 0.2) is 11.7 Å². The summed E-state index contributed by atoms with van der Waals surface area (Å²) in [6.07, 6.45) is 2.24. The van der Waals surface area contributed by atoms with Crippen molar-refractivity contribution in [2.45, 2.75) is 18.2 Å². The van der Waals surface area contributed by atoms with Gasteiger partial charge in [-0.2, -0.15) is 0 Å². The predicted molar refractivity (Wildman–Crippen MR) is 78.4 cm³/mol. The maximum atomic E-state index is 12.1. The molecule has 0 aliphatic rings. The minimum atomic E-state index is -3.49. The smallest absolute Gasteiger partial charge is 0.240 e. The van der Waals surface area contributed by atoms with Crippen LogP contribution in [0.25, 0.3) is 11.3 Å². The third-order valence-corrected chi connectivity index (χ3v) is 4.36. The van der Waals surface area contributed by atoms with Crippen molar-refractivity contribution < 1.29 is 17.6 Å². The van der Waals surface area contributed by atoms with Crippen molar-refractivity contribution in [1.82, 2.24) is 9.71 Å².